The number of nitrogens with zero attached hydrogens (tertiary/aromatic N) is 1. The van der Waals surface area contributed by atoms with Crippen molar-refractivity contribution in [1.82, 2.24) is 4.98 Å². The quantitative estimate of drug-likeness (QED) is 0.844. The Morgan fingerprint density at radius 2 is 2.00 bits per heavy atom. The lowest BCUT2D eigenvalue weighted by molar-refractivity contribution is 0.102. The van der Waals surface area contributed by atoms with Crippen molar-refractivity contribution in [3.8, 4) is 0 Å². The van der Waals surface area contributed by atoms with Crippen molar-refractivity contribution < 1.29 is 4.79 Å². The minimum atomic E-state index is -0.253. The van der Waals surface area contributed by atoms with Crippen LogP contribution in [0, 0.1) is 0 Å². The van der Waals surface area contributed by atoms with Crippen molar-refractivity contribution >= 4 is 34.8 Å². The zero-order valence-electron chi connectivity index (χ0n) is 8.65. The number of benzene rings is 1. The molecular formula is C12H8Cl2N2O. The third-order valence-corrected chi connectivity index (χ3v) is 2.51. The predicted molar refractivity (Wildman–Crippen MR) is 68.7 cm³/mol. The van der Waals surface area contributed by atoms with Crippen LogP contribution in [0.25, 0.3) is 0 Å². The maximum atomic E-state index is 11.8. The van der Waals surface area contributed by atoms with Gasteiger partial charge in [-0.1, -0.05) is 29.3 Å². The number of carbonyl (C=O) groups is 1. The van der Waals surface area contributed by atoms with Crippen molar-refractivity contribution in [2.24, 2.45) is 0 Å². The smallest absolute Gasteiger partial charge is 0.255 e. The zero-order valence-corrected chi connectivity index (χ0v) is 10.2. The van der Waals surface area contributed by atoms with Crippen LogP contribution >= 0.6 is 23.2 Å². The first kappa shape index (κ1) is 11.9. The summed E-state index contributed by atoms with van der Waals surface area (Å²) in [6.45, 7) is 0. The highest BCUT2D eigenvalue weighted by Crippen LogP contribution is 2.16. The monoisotopic (exact) mass is 266 g/mol. The van der Waals surface area contributed by atoms with Gasteiger partial charge in [0.05, 0.1) is 0 Å². The molecule has 0 aliphatic rings. The van der Waals surface area contributed by atoms with Gasteiger partial charge in [-0.2, -0.15) is 0 Å². The maximum absolute atomic E-state index is 11.8. The highest BCUT2D eigenvalue weighted by molar-refractivity contribution is 6.31. The van der Waals surface area contributed by atoms with E-state index < -0.39 is 0 Å². The van der Waals surface area contributed by atoms with Crippen molar-refractivity contribution in [1.29, 1.82) is 0 Å². The number of anilines is 1. The van der Waals surface area contributed by atoms with Gasteiger partial charge in [-0.15, -0.1) is 0 Å². The van der Waals surface area contributed by atoms with Crippen LogP contribution in [0.15, 0.2) is 42.6 Å². The Hall–Kier alpha value is -1.58. The minimum absolute atomic E-state index is 0.253. The van der Waals surface area contributed by atoms with E-state index in [4.69, 9.17) is 23.2 Å². The van der Waals surface area contributed by atoms with E-state index in [1.165, 1.54) is 12.3 Å². The molecule has 0 aliphatic carbocycles. The van der Waals surface area contributed by atoms with E-state index in [9.17, 15) is 4.79 Å². The number of aromatic nitrogens is 1. The SMILES string of the molecule is O=C(Nc1cccc(Cl)c1)c1ccnc(Cl)c1. The van der Waals surface area contributed by atoms with Gasteiger partial charge in [0.25, 0.3) is 5.91 Å². The van der Waals surface area contributed by atoms with E-state index in [2.05, 4.69) is 10.3 Å². The van der Waals surface area contributed by atoms with Crippen LogP contribution in [0.2, 0.25) is 10.2 Å². The van der Waals surface area contributed by atoms with Gasteiger partial charge in [0.15, 0.2) is 0 Å². The van der Waals surface area contributed by atoms with Crippen LogP contribution in [-0.2, 0) is 0 Å². The lowest BCUT2D eigenvalue weighted by Crippen LogP contribution is -2.11. The number of pyridine rings is 1. The Morgan fingerprint density at radius 1 is 1.18 bits per heavy atom. The molecule has 0 saturated carbocycles. The van der Waals surface area contributed by atoms with Gasteiger partial charge < -0.3 is 5.32 Å². The Morgan fingerprint density at radius 3 is 2.71 bits per heavy atom. The molecule has 0 spiro atoms. The molecule has 1 amide bonds. The second kappa shape index (κ2) is 5.17. The summed E-state index contributed by atoms with van der Waals surface area (Å²) in [4.78, 5) is 15.6. The second-order valence-electron chi connectivity index (χ2n) is 3.33. The van der Waals surface area contributed by atoms with Gasteiger partial charge in [-0.05, 0) is 30.3 Å². The van der Waals surface area contributed by atoms with Crippen LogP contribution < -0.4 is 5.32 Å². The van der Waals surface area contributed by atoms with Gasteiger partial charge in [0.2, 0.25) is 0 Å². The first-order chi connectivity index (χ1) is 8.15. The van der Waals surface area contributed by atoms with Gasteiger partial charge in [-0.3, -0.25) is 4.79 Å². The fourth-order valence-electron chi connectivity index (χ4n) is 1.31. The van der Waals surface area contributed by atoms with Crippen molar-refractivity contribution in [2.75, 3.05) is 5.32 Å². The van der Waals surface area contributed by atoms with E-state index in [1.807, 2.05) is 0 Å². The van der Waals surface area contributed by atoms with E-state index in [-0.39, 0.29) is 11.1 Å². The Labute approximate surface area is 108 Å². The molecule has 86 valence electrons. The number of halogens is 2. The molecule has 0 unspecified atom stereocenters. The van der Waals surface area contributed by atoms with Gasteiger partial charge in [-0.25, -0.2) is 4.98 Å². The van der Waals surface area contributed by atoms with Crippen LogP contribution in [0.4, 0.5) is 5.69 Å². The molecule has 2 aromatic rings. The summed E-state index contributed by atoms with van der Waals surface area (Å²) in [6, 6.07) is 10.0. The molecule has 1 aromatic carbocycles. The number of nitrogens with one attached hydrogen (secondary N) is 1. The van der Waals surface area contributed by atoms with Crippen molar-refractivity contribution in [3.63, 3.8) is 0 Å². The van der Waals surface area contributed by atoms with E-state index in [0.717, 1.165) is 0 Å². The summed E-state index contributed by atoms with van der Waals surface area (Å²) in [5.74, 6) is -0.253. The minimum Gasteiger partial charge on any atom is -0.322 e. The Kier molecular flexibility index (Phi) is 3.61. The summed E-state index contributed by atoms with van der Waals surface area (Å²) < 4.78 is 0. The average molecular weight is 267 g/mol. The number of carbonyl (C=O) groups excluding carboxylic acids is 1. The van der Waals surface area contributed by atoms with Gasteiger partial charge in [0, 0.05) is 22.5 Å². The highest BCUT2D eigenvalue weighted by atomic mass is 35.5. The van der Waals surface area contributed by atoms with Crippen LogP contribution in [0.1, 0.15) is 10.4 Å². The molecule has 3 nitrogen and oxygen atoms in total. The molecule has 0 saturated heterocycles. The third-order valence-electron chi connectivity index (χ3n) is 2.07. The average Bonchev–Trinajstić information content (AvgIpc) is 2.29. The lowest BCUT2D eigenvalue weighted by atomic mass is 10.2. The normalized spacial score (nSPS) is 10.0. The summed E-state index contributed by atoms with van der Waals surface area (Å²) in [5, 5.41) is 3.56. The Bertz CT molecular complexity index is 558. The molecule has 2 rings (SSSR count). The van der Waals surface area contributed by atoms with Crippen LogP contribution in [-0.4, -0.2) is 10.9 Å². The maximum Gasteiger partial charge on any atom is 0.255 e. The second-order valence-corrected chi connectivity index (χ2v) is 4.16. The third kappa shape index (κ3) is 3.19. The van der Waals surface area contributed by atoms with E-state index in [0.29, 0.717) is 16.3 Å². The van der Waals surface area contributed by atoms with Gasteiger partial charge in [0.1, 0.15) is 5.15 Å². The van der Waals surface area contributed by atoms with Crippen molar-refractivity contribution in [2.45, 2.75) is 0 Å². The number of rotatable bonds is 2. The standard InChI is InChI=1S/C12H8Cl2N2O/c13-9-2-1-3-10(7-9)16-12(17)8-4-5-15-11(14)6-8/h1-7H,(H,16,17). The first-order valence-electron chi connectivity index (χ1n) is 4.83. The van der Waals surface area contributed by atoms with E-state index in [1.54, 1.807) is 30.3 Å². The summed E-state index contributed by atoms with van der Waals surface area (Å²) >= 11 is 11.5. The summed E-state index contributed by atoms with van der Waals surface area (Å²) in [6.07, 6.45) is 1.48. The number of hydrogen-bond donors (Lipinski definition) is 1. The molecule has 0 bridgehead atoms. The molecule has 1 heterocycles. The summed E-state index contributed by atoms with van der Waals surface area (Å²) in [5.41, 5.74) is 1.08. The molecule has 1 aromatic heterocycles. The largest absolute Gasteiger partial charge is 0.322 e. The molecule has 0 aliphatic heterocycles. The molecular weight excluding hydrogens is 259 g/mol. The fourth-order valence-corrected chi connectivity index (χ4v) is 1.68. The first-order valence-corrected chi connectivity index (χ1v) is 5.59. The fraction of sp³-hybridized carbons (Fsp3) is 0. The molecule has 17 heavy (non-hydrogen) atoms. The molecule has 0 fully saturated rings. The molecule has 0 atom stereocenters. The lowest BCUT2D eigenvalue weighted by Gasteiger charge is -2.05. The predicted octanol–water partition coefficient (Wildman–Crippen LogP) is 3.64. The Balaban J connectivity index is 2.17. The highest BCUT2D eigenvalue weighted by Gasteiger charge is 2.06. The topological polar surface area (TPSA) is 42.0 Å². The number of amides is 1. The van der Waals surface area contributed by atoms with E-state index >= 15 is 0 Å². The van der Waals surface area contributed by atoms with Crippen molar-refractivity contribution in [3.05, 3.63) is 58.3 Å². The summed E-state index contributed by atoms with van der Waals surface area (Å²) in [7, 11) is 0. The number of hydrogen-bond acceptors (Lipinski definition) is 2. The van der Waals surface area contributed by atoms with Crippen LogP contribution in [0.3, 0.4) is 0 Å². The molecule has 5 heteroatoms. The zero-order chi connectivity index (χ0) is 12.3. The van der Waals surface area contributed by atoms with Gasteiger partial charge >= 0.3 is 0 Å². The molecule has 1 N–H and O–H groups in total. The van der Waals surface area contributed by atoms with Crippen LogP contribution in [0.5, 0.6) is 0 Å². The molecule has 0 radical (unpaired) electrons.